The summed E-state index contributed by atoms with van der Waals surface area (Å²) in [6.45, 7) is 9.47. The van der Waals surface area contributed by atoms with E-state index < -0.39 is 6.09 Å². The third-order valence-corrected chi connectivity index (χ3v) is 3.81. The highest BCUT2D eigenvalue weighted by atomic mass is 127. The summed E-state index contributed by atoms with van der Waals surface area (Å²) < 4.78 is 15.6. The number of halogens is 1. The molecular formula is C20H35IN4O4. The molecule has 0 aromatic heterocycles. The Hall–Kier alpha value is -1.91. The molecule has 3 N–H and O–H groups in total. The van der Waals surface area contributed by atoms with Crippen molar-refractivity contribution in [2.75, 3.05) is 39.2 Å². The van der Waals surface area contributed by atoms with Gasteiger partial charge < -0.3 is 30.2 Å². The Balaban J connectivity index is 0.00000784. The Morgan fingerprint density at radius 3 is 2.38 bits per heavy atom. The molecule has 0 saturated heterocycles. The first kappa shape index (κ1) is 27.1. The molecule has 0 heterocycles. The molecular weight excluding hydrogens is 487 g/mol. The molecule has 0 aliphatic heterocycles. The van der Waals surface area contributed by atoms with Crippen molar-refractivity contribution in [3.8, 4) is 11.5 Å². The molecule has 29 heavy (non-hydrogen) atoms. The summed E-state index contributed by atoms with van der Waals surface area (Å²) >= 11 is 0. The summed E-state index contributed by atoms with van der Waals surface area (Å²) in [5.41, 5.74) is 0.816. The van der Waals surface area contributed by atoms with Crippen LogP contribution in [0, 0.1) is 5.92 Å². The van der Waals surface area contributed by atoms with Crippen molar-refractivity contribution in [2.24, 2.45) is 10.9 Å². The van der Waals surface area contributed by atoms with E-state index in [0.717, 1.165) is 12.1 Å². The van der Waals surface area contributed by atoms with Crippen LogP contribution in [-0.2, 0) is 4.74 Å². The van der Waals surface area contributed by atoms with Gasteiger partial charge in [0.15, 0.2) is 17.5 Å². The summed E-state index contributed by atoms with van der Waals surface area (Å²) in [7, 11) is 3.19. The van der Waals surface area contributed by atoms with Crippen LogP contribution in [0.1, 0.15) is 34.1 Å². The summed E-state index contributed by atoms with van der Waals surface area (Å²) in [4.78, 5) is 16.4. The molecule has 1 atom stereocenters. The smallest absolute Gasteiger partial charge is 0.407 e. The molecule has 0 aliphatic carbocycles. The zero-order valence-electron chi connectivity index (χ0n) is 18.2. The number of methoxy groups -OCH3 is 2. The number of aliphatic imine (C=N–C) groups is 1. The average Bonchev–Trinajstić information content (AvgIpc) is 2.65. The number of guanidine groups is 1. The van der Waals surface area contributed by atoms with Crippen molar-refractivity contribution < 1.29 is 19.0 Å². The molecule has 8 nitrogen and oxygen atoms in total. The van der Waals surface area contributed by atoms with Gasteiger partial charge in [0.25, 0.3) is 0 Å². The van der Waals surface area contributed by atoms with E-state index in [1.165, 1.54) is 0 Å². The van der Waals surface area contributed by atoms with Crippen LogP contribution in [0.2, 0.25) is 0 Å². The van der Waals surface area contributed by atoms with E-state index in [1.807, 2.05) is 25.1 Å². The van der Waals surface area contributed by atoms with Gasteiger partial charge in [0.1, 0.15) is 0 Å². The topological polar surface area (TPSA) is 93.2 Å². The highest BCUT2D eigenvalue weighted by Gasteiger charge is 2.15. The molecule has 1 unspecified atom stereocenters. The molecule has 1 aromatic carbocycles. The highest BCUT2D eigenvalue weighted by molar-refractivity contribution is 14.0. The minimum Gasteiger partial charge on any atom is -0.493 e. The highest BCUT2D eigenvalue weighted by Crippen LogP contribution is 2.29. The summed E-state index contributed by atoms with van der Waals surface area (Å²) in [6, 6.07) is 5.44. The third-order valence-electron chi connectivity index (χ3n) is 3.81. The van der Waals surface area contributed by atoms with E-state index in [9.17, 15) is 4.79 Å². The first-order valence-corrected chi connectivity index (χ1v) is 9.64. The Labute approximate surface area is 191 Å². The van der Waals surface area contributed by atoms with Crippen LogP contribution in [0.5, 0.6) is 11.5 Å². The second-order valence-electron chi connectivity index (χ2n) is 6.61. The largest absolute Gasteiger partial charge is 0.493 e. The number of amides is 1. The van der Waals surface area contributed by atoms with Crippen LogP contribution in [0.3, 0.4) is 0 Å². The van der Waals surface area contributed by atoms with E-state index in [-0.39, 0.29) is 30.0 Å². The van der Waals surface area contributed by atoms with Gasteiger partial charge in [-0.1, -0.05) is 13.8 Å². The maximum atomic E-state index is 11.8. The number of hydrogen-bond acceptors (Lipinski definition) is 5. The molecule has 0 radical (unpaired) electrons. The number of alkyl carbamates (subject to hydrolysis) is 1. The number of hydrogen-bond donors (Lipinski definition) is 3. The maximum absolute atomic E-state index is 11.8. The lowest BCUT2D eigenvalue weighted by Crippen LogP contribution is -2.40. The monoisotopic (exact) mass is 522 g/mol. The van der Waals surface area contributed by atoms with E-state index >= 15 is 0 Å². The maximum Gasteiger partial charge on any atom is 0.407 e. The van der Waals surface area contributed by atoms with Crippen LogP contribution < -0.4 is 25.4 Å². The molecule has 9 heteroatoms. The van der Waals surface area contributed by atoms with Gasteiger partial charge in [0.2, 0.25) is 0 Å². The second kappa shape index (κ2) is 15.0. The second-order valence-corrected chi connectivity index (χ2v) is 6.61. The third kappa shape index (κ3) is 10.4. The zero-order chi connectivity index (χ0) is 20.9. The predicted molar refractivity (Wildman–Crippen MR) is 128 cm³/mol. The Morgan fingerprint density at radius 1 is 1.14 bits per heavy atom. The van der Waals surface area contributed by atoms with Crippen molar-refractivity contribution in [3.63, 3.8) is 0 Å². The molecule has 1 rings (SSSR count). The minimum absolute atomic E-state index is 0. The number of rotatable bonds is 10. The standard InChI is InChI=1S/C20H34N4O4.HI/c1-7-21-19(23-15-9-10-17(26-5)18(12-15)27-6)22-13-16(11-14(3)4)24-20(25)28-8-2;/h9-10,12,14,16H,7-8,11,13H2,1-6H3,(H,24,25)(H2,21,22,23);1H. The Kier molecular flexibility index (Phi) is 14.0. The van der Waals surface area contributed by atoms with Gasteiger partial charge >= 0.3 is 6.09 Å². The van der Waals surface area contributed by atoms with Crippen LogP contribution in [-0.4, -0.2) is 52.0 Å². The molecule has 0 spiro atoms. The van der Waals surface area contributed by atoms with E-state index in [1.54, 1.807) is 21.1 Å². The number of benzene rings is 1. The number of carbonyl (C=O) groups is 1. The number of nitrogens with zero attached hydrogens (tertiary/aromatic N) is 1. The normalized spacial score (nSPS) is 11.9. The number of nitrogens with one attached hydrogen (secondary N) is 3. The van der Waals surface area contributed by atoms with E-state index in [4.69, 9.17) is 14.2 Å². The predicted octanol–water partition coefficient (Wildman–Crippen LogP) is 3.86. The quantitative estimate of drug-likeness (QED) is 0.246. The molecule has 1 amide bonds. The van der Waals surface area contributed by atoms with Gasteiger partial charge in [-0.3, -0.25) is 4.99 Å². The van der Waals surface area contributed by atoms with Gasteiger partial charge in [0, 0.05) is 18.3 Å². The Morgan fingerprint density at radius 2 is 1.83 bits per heavy atom. The van der Waals surface area contributed by atoms with Gasteiger partial charge in [-0.15, -0.1) is 24.0 Å². The molecule has 0 fully saturated rings. The SMILES string of the molecule is CCNC(=NCC(CC(C)C)NC(=O)OCC)Nc1ccc(OC)c(OC)c1.I. The van der Waals surface area contributed by atoms with Gasteiger partial charge in [-0.05, 0) is 38.3 Å². The van der Waals surface area contributed by atoms with Crippen LogP contribution in [0.4, 0.5) is 10.5 Å². The first-order valence-electron chi connectivity index (χ1n) is 9.64. The van der Waals surface area contributed by atoms with Crippen molar-refractivity contribution in [2.45, 2.75) is 40.2 Å². The fourth-order valence-electron chi connectivity index (χ4n) is 2.65. The van der Waals surface area contributed by atoms with Crippen molar-refractivity contribution in [3.05, 3.63) is 18.2 Å². The number of anilines is 1. The molecule has 0 saturated carbocycles. The van der Waals surface area contributed by atoms with Gasteiger partial charge in [-0.2, -0.15) is 0 Å². The lowest BCUT2D eigenvalue weighted by Gasteiger charge is -2.20. The number of carbonyl (C=O) groups excluding carboxylic acids is 1. The fourth-order valence-corrected chi connectivity index (χ4v) is 2.65. The summed E-state index contributed by atoms with van der Waals surface area (Å²) in [6.07, 6.45) is 0.388. The van der Waals surface area contributed by atoms with Crippen molar-refractivity contribution in [1.82, 2.24) is 10.6 Å². The van der Waals surface area contributed by atoms with Crippen LogP contribution in [0.25, 0.3) is 0 Å². The number of ether oxygens (including phenoxy) is 3. The van der Waals surface area contributed by atoms with Gasteiger partial charge in [0.05, 0.1) is 33.4 Å². The van der Waals surface area contributed by atoms with Crippen LogP contribution >= 0.6 is 24.0 Å². The van der Waals surface area contributed by atoms with Crippen molar-refractivity contribution in [1.29, 1.82) is 0 Å². The van der Waals surface area contributed by atoms with E-state index in [2.05, 4.69) is 34.8 Å². The summed E-state index contributed by atoms with van der Waals surface area (Å²) in [5.74, 6) is 2.33. The van der Waals surface area contributed by atoms with Gasteiger partial charge in [-0.25, -0.2) is 4.79 Å². The molecule has 1 aromatic rings. The lowest BCUT2D eigenvalue weighted by molar-refractivity contribution is 0.147. The average molecular weight is 522 g/mol. The summed E-state index contributed by atoms with van der Waals surface area (Å²) in [5, 5.41) is 9.34. The van der Waals surface area contributed by atoms with E-state index in [0.29, 0.717) is 43.1 Å². The lowest BCUT2D eigenvalue weighted by atomic mass is 10.0. The zero-order valence-corrected chi connectivity index (χ0v) is 20.5. The Bertz CT molecular complexity index is 641. The fraction of sp³-hybridized carbons (Fsp3) is 0.600. The first-order chi connectivity index (χ1) is 13.4. The van der Waals surface area contributed by atoms with Crippen LogP contribution in [0.15, 0.2) is 23.2 Å². The molecule has 0 aliphatic rings. The molecule has 166 valence electrons. The van der Waals surface area contributed by atoms with Crippen molar-refractivity contribution >= 4 is 41.7 Å². The molecule has 0 bridgehead atoms. The minimum atomic E-state index is -0.416.